The molecular weight excluding hydrogens is 824 g/mol. The summed E-state index contributed by atoms with van der Waals surface area (Å²) in [5, 5.41) is 41.5. The average Bonchev–Trinajstić information content (AvgIpc) is 3.56. The van der Waals surface area contributed by atoms with Crippen LogP contribution in [0.2, 0.25) is 0 Å². The van der Waals surface area contributed by atoms with Crippen molar-refractivity contribution >= 4 is 89.8 Å². The van der Waals surface area contributed by atoms with Gasteiger partial charge in [-0.25, -0.2) is 0 Å². The van der Waals surface area contributed by atoms with E-state index in [1.165, 1.54) is 34.7 Å². The first kappa shape index (κ1) is 34.2. The van der Waals surface area contributed by atoms with Crippen molar-refractivity contribution < 1.29 is 31.3 Å². The maximum absolute atomic E-state index is 11.9. The zero-order valence-electron chi connectivity index (χ0n) is 23.4. The van der Waals surface area contributed by atoms with Gasteiger partial charge in [0.2, 0.25) is 0 Å². The van der Waals surface area contributed by atoms with Gasteiger partial charge in [-0.1, -0.05) is 107 Å². The fraction of sp³-hybridized carbons (Fsp3) is 0.0625. The average molecular weight is 850 g/mol. The third-order valence-electron chi connectivity index (χ3n) is 6.18. The molecule has 0 radical (unpaired) electrons. The number of nitrogens with zero attached hydrogens (tertiary/aromatic N) is 4. The van der Waals surface area contributed by atoms with Crippen molar-refractivity contribution in [2.24, 2.45) is 20.5 Å². The van der Waals surface area contributed by atoms with Crippen molar-refractivity contribution in [2.75, 3.05) is 0 Å². The quantitative estimate of drug-likeness (QED) is 0.0793. The molecule has 2 heterocycles. The van der Waals surface area contributed by atoms with E-state index in [-0.39, 0.29) is 32.8 Å². The number of thiol groups is 2. The molecule has 0 saturated heterocycles. The van der Waals surface area contributed by atoms with Crippen molar-refractivity contribution in [3.8, 4) is 11.8 Å². The van der Waals surface area contributed by atoms with E-state index in [9.17, 15) is 10.2 Å². The summed E-state index contributed by atoms with van der Waals surface area (Å²) in [6, 6.07) is 34.9. The Hall–Kier alpha value is -3.67. The van der Waals surface area contributed by atoms with Crippen LogP contribution in [0.25, 0.3) is 21.8 Å². The number of H-pyrrole nitrogens is 2. The van der Waals surface area contributed by atoms with Crippen LogP contribution in [-0.4, -0.2) is 18.6 Å². The van der Waals surface area contributed by atoms with Crippen molar-refractivity contribution in [3.63, 3.8) is 0 Å². The summed E-state index contributed by atoms with van der Waals surface area (Å²) in [4.78, 5) is 5.52. The summed E-state index contributed by atoms with van der Waals surface area (Å²) in [5.74, 6) is 1.05. The number of benzene rings is 4. The Kier molecular flexibility index (Phi) is 13.0. The number of fused-ring (bicyclic) bond motifs is 2. The molecule has 13 heteroatoms. The van der Waals surface area contributed by atoms with Crippen LogP contribution < -0.4 is 10.2 Å². The second kappa shape index (κ2) is 17.1. The molecule has 45 heavy (non-hydrogen) atoms. The molecule has 0 bridgehead atoms. The molecule has 0 unspecified atom stereocenters. The molecular formula is C32H26N6O2PtS4. The molecule has 0 aliphatic carbocycles. The van der Waals surface area contributed by atoms with E-state index in [1.807, 2.05) is 109 Å². The number of rotatable bonds is 6. The molecule has 0 atom stereocenters. The van der Waals surface area contributed by atoms with Crippen LogP contribution in [0.1, 0.15) is 11.1 Å². The fourth-order valence-electron chi connectivity index (χ4n) is 4.09. The summed E-state index contributed by atoms with van der Waals surface area (Å²) in [6.07, 6.45) is 0. The Labute approximate surface area is 293 Å². The molecule has 0 aliphatic rings. The first-order valence-corrected chi connectivity index (χ1v) is 16.2. The molecule has 0 fully saturated rings. The SMILES string of the molecule is [O-]c1[nH]c2ccccc2c1N=NC(=[SH+])SCc1ccccc1.[O-]c1[nH]c2ccccc2c1N=NC(=[SH+])SCc1ccccc1.[Pt]. The first-order chi connectivity index (χ1) is 21.5. The number of azo groups is 2. The summed E-state index contributed by atoms with van der Waals surface area (Å²) < 4.78 is 1.04. The van der Waals surface area contributed by atoms with Crippen LogP contribution in [0.15, 0.2) is 130 Å². The molecule has 0 aliphatic heterocycles. The minimum Gasteiger partial charge on any atom is -0.859 e. The second-order valence-corrected chi connectivity index (χ2v) is 12.6. The van der Waals surface area contributed by atoms with Crippen LogP contribution in [-0.2, 0) is 57.0 Å². The largest absolute Gasteiger partial charge is 0.859 e. The zero-order chi connectivity index (χ0) is 30.7. The van der Waals surface area contributed by atoms with Gasteiger partial charge in [0.25, 0.3) is 0 Å². The van der Waals surface area contributed by atoms with Gasteiger partial charge in [-0.3, -0.25) is 0 Å². The first-order valence-electron chi connectivity index (χ1n) is 13.3. The van der Waals surface area contributed by atoms with E-state index in [0.29, 0.717) is 20.0 Å². The molecule has 2 N–H and O–H groups in total. The number of aromatic nitrogens is 2. The molecule has 0 saturated carbocycles. The number of hydrogen-bond donors (Lipinski definition) is 2. The minimum atomic E-state index is -0.237. The van der Waals surface area contributed by atoms with Gasteiger partial charge in [-0.05, 0) is 58.5 Å². The van der Waals surface area contributed by atoms with Gasteiger partial charge in [-0.15, -0.1) is 10.2 Å². The van der Waals surface area contributed by atoms with Crippen molar-refractivity contribution in [2.45, 2.75) is 11.5 Å². The third-order valence-corrected chi connectivity index (χ3v) is 8.77. The Morgan fingerprint density at radius 2 is 0.911 bits per heavy atom. The van der Waals surface area contributed by atoms with Gasteiger partial charge in [-0.2, -0.15) is 0 Å². The van der Waals surface area contributed by atoms with Crippen LogP contribution in [0.3, 0.4) is 0 Å². The van der Waals surface area contributed by atoms with E-state index in [0.717, 1.165) is 33.3 Å². The van der Waals surface area contributed by atoms with Crippen LogP contribution in [0, 0.1) is 0 Å². The predicted molar refractivity (Wildman–Crippen MR) is 188 cm³/mol. The summed E-state index contributed by atoms with van der Waals surface area (Å²) in [7, 11) is 0. The summed E-state index contributed by atoms with van der Waals surface area (Å²) in [5.41, 5.74) is 4.54. The maximum atomic E-state index is 11.9. The topological polar surface area (TPSA) is 127 Å². The molecule has 6 rings (SSSR count). The van der Waals surface area contributed by atoms with Gasteiger partial charge in [0.05, 0.1) is 0 Å². The smallest absolute Gasteiger partial charge is 0.367 e. The molecule has 2 aromatic heterocycles. The zero-order valence-corrected chi connectivity index (χ0v) is 29.1. The number of thioether (sulfide) groups is 2. The van der Waals surface area contributed by atoms with Crippen LogP contribution in [0.4, 0.5) is 11.4 Å². The van der Waals surface area contributed by atoms with Crippen molar-refractivity contribution in [1.29, 1.82) is 0 Å². The molecule has 6 aromatic rings. The van der Waals surface area contributed by atoms with E-state index in [2.05, 4.69) is 54.9 Å². The monoisotopic (exact) mass is 849 g/mol. The van der Waals surface area contributed by atoms with Gasteiger partial charge in [0.1, 0.15) is 11.4 Å². The second-order valence-electron chi connectivity index (χ2n) is 9.21. The van der Waals surface area contributed by atoms with Gasteiger partial charge < -0.3 is 20.2 Å². The summed E-state index contributed by atoms with van der Waals surface area (Å²) in [6.45, 7) is 0. The predicted octanol–water partition coefficient (Wildman–Crippen LogP) is 7.25. The molecule has 8 nitrogen and oxygen atoms in total. The van der Waals surface area contributed by atoms with E-state index in [1.54, 1.807) is 0 Å². The Bertz CT molecular complexity index is 1800. The minimum absolute atomic E-state index is 0. The fourth-order valence-corrected chi connectivity index (χ4v) is 5.74. The normalized spacial score (nSPS) is 11.0. The van der Waals surface area contributed by atoms with Crippen molar-refractivity contribution in [3.05, 3.63) is 120 Å². The van der Waals surface area contributed by atoms with Gasteiger partial charge >= 0.3 is 8.64 Å². The van der Waals surface area contributed by atoms with Crippen LogP contribution >= 0.6 is 23.5 Å². The Balaban J connectivity index is 0.000000200. The molecule has 0 amide bonds. The number of nitrogens with one attached hydrogen (secondary N) is 2. The van der Waals surface area contributed by atoms with Crippen molar-refractivity contribution in [1.82, 2.24) is 9.97 Å². The Morgan fingerprint density at radius 1 is 0.556 bits per heavy atom. The molecule has 4 aromatic carbocycles. The summed E-state index contributed by atoms with van der Waals surface area (Å²) >= 11 is 11.6. The van der Waals surface area contributed by atoms with E-state index >= 15 is 0 Å². The third kappa shape index (κ3) is 9.66. The standard InChI is InChI=1S/2C16H13N3OS2.Pt/c2*20-15-14(12-8-4-5-9-13(12)17-15)18-19-16(21)22-10-11-6-2-1-3-7-11;/h2*1-9,17,20H,10H2;. The number of aromatic amines is 2. The van der Waals surface area contributed by atoms with Crippen LogP contribution in [0.5, 0.6) is 11.8 Å². The number of para-hydroxylation sites is 2. The molecule has 230 valence electrons. The van der Waals surface area contributed by atoms with Gasteiger partial charge in [0.15, 0.2) is 24.4 Å². The maximum Gasteiger partial charge on any atom is 0.367 e. The number of hydrogen-bond acceptors (Lipinski definition) is 6. The molecule has 0 spiro atoms. The van der Waals surface area contributed by atoms with Gasteiger partial charge in [0, 0.05) is 54.4 Å². The Morgan fingerprint density at radius 3 is 1.31 bits per heavy atom. The van der Waals surface area contributed by atoms with E-state index < -0.39 is 0 Å². The van der Waals surface area contributed by atoms with E-state index in [4.69, 9.17) is 0 Å².